The largest absolute Gasteiger partial charge is 0.377 e. The monoisotopic (exact) mass is 752 g/mol. The van der Waals surface area contributed by atoms with Crippen LogP contribution in [0.1, 0.15) is 57.3 Å². The first-order valence-electron chi connectivity index (χ1n) is 19.7. The van der Waals surface area contributed by atoms with E-state index in [1.807, 2.05) is 97.1 Å². The van der Waals surface area contributed by atoms with Crippen LogP contribution in [0.4, 0.5) is 0 Å². The van der Waals surface area contributed by atoms with Crippen molar-refractivity contribution < 1.29 is 33.2 Å². The van der Waals surface area contributed by atoms with Gasteiger partial charge < -0.3 is 28.4 Å². The summed E-state index contributed by atoms with van der Waals surface area (Å²) in [6, 6.07) is 45.1. The van der Waals surface area contributed by atoms with Crippen molar-refractivity contribution in [1.29, 1.82) is 0 Å². The molecule has 7 nitrogen and oxygen atoms in total. The third-order valence-electron chi connectivity index (χ3n) is 10.7. The number of aldehydes is 1. The van der Waals surface area contributed by atoms with E-state index < -0.39 is 29.7 Å². The van der Waals surface area contributed by atoms with Gasteiger partial charge in [-0.25, -0.2) is 0 Å². The second kappa shape index (κ2) is 18.9. The molecule has 2 saturated heterocycles. The zero-order valence-electron chi connectivity index (χ0n) is 32.2. The number of ether oxygens (including phenoxy) is 6. The van der Waals surface area contributed by atoms with Crippen LogP contribution in [0.25, 0.3) is 0 Å². The fraction of sp³-hybridized carbons (Fsp3) is 0.327. The van der Waals surface area contributed by atoms with Crippen LogP contribution in [0.2, 0.25) is 0 Å². The number of carbonyl (C=O) groups is 1. The zero-order chi connectivity index (χ0) is 38.6. The lowest BCUT2D eigenvalue weighted by atomic mass is 9.82. The molecule has 0 amide bonds. The Kier molecular flexibility index (Phi) is 13.4. The fourth-order valence-electron chi connectivity index (χ4n) is 7.65. The Hall–Kier alpha value is -4.73. The number of hydrogen-bond acceptors (Lipinski definition) is 7. The minimum atomic E-state index is -1.45. The van der Waals surface area contributed by atoms with E-state index in [0.717, 1.165) is 72.0 Å². The van der Waals surface area contributed by atoms with Crippen LogP contribution < -0.4 is 0 Å². The summed E-state index contributed by atoms with van der Waals surface area (Å²) in [4.78, 5) is 13.4. The maximum atomic E-state index is 13.4. The summed E-state index contributed by atoms with van der Waals surface area (Å²) in [7, 11) is 0. The molecule has 290 valence electrons. The van der Waals surface area contributed by atoms with Crippen LogP contribution in [0, 0.1) is 6.92 Å². The Bertz CT molecular complexity index is 1980. The molecule has 2 heterocycles. The minimum absolute atomic E-state index is 0.0165. The molecule has 56 heavy (non-hydrogen) atoms. The summed E-state index contributed by atoms with van der Waals surface area (Å²) >= 11 is 0. The van der Waals surface area contributed by atoms with Gasteiger partial charge in [-0.3, -0.25) is 4.79 Å². The average Bonchev–Trinajstić information content (AvgIpc) is 3.60. The van der Waals surface area contributed by atoms with E-state index in [0.29, 0.717) is 6.61 Å². The molecule has 5 atom stereocenters. The highest BCUT2D eigenvalue weighted by Crippen LogP contribution is 2.52. The highest BCUT2D eigenvalue weighted by molar-refractivity contribution is 5.66. The molecule has 0 aromatic heterocycles. The third kappa shape index (κ3) is 9.27. The lowest BCUT2D eigenvalue weighted by Gasteiger charge is -2.49. The van der Waals surface area contributed by atoms with Crippen molar-refractivity contribution in [3.05, 3.63) is 191 Å². The van der Waals surface area contributed by atoms with Crippen molar-refractivity contribution in [2.45, 2.75) is 82.1 Å². The predicted octanol–water partition coefficient (Wildman–Crippen LogP) is 9.02. The van der Waals surface area contributed by atoms with Gasteiger partial charge in [0.15, 0.2) is 11.9 Å². The zero-order valence-corrected chi connectivity index (χ0v) is 32.2. The van der Waals surface area contributed by atoms with Gasteiger partial charge in [-0.15, -0.1) is 6.58 Å². The summed E-state index contributed by atoms with van der Waals surface area (Å²) in [5.74, 6) is -1.45. The maximum absolute atomic E-state index is 13.4. The topological polar surface area (TPSA) is 72.5 Å². The summed E-state index contributed by atoms with van der Waals surface area (Å²) in [5.41, 5.74) is 7.07. The van der Waals surface area contributed by atoms with Crippen LogP contribution >= 0.6 is 0 Å². The van der Waals surface area contributed by atoms with E-state index in [1.54, 1.807) is 6.08 Å². The van der Waals surface area contributed by atoms with E-state index in [9.17, 15) is 4.79 Å². The first-order chi connectivity index (χ1) is 27.5. The lowest BCUT2D eigenvalue weighted by Crippen LogP contribution is -2.67. The molecule has 5 aromatic rings. The third-order valence-corrected chi connectivity index (χ3v) is 10.7. The first kappa shape index (κ1) is 39.5. The Morgan fingerprint density at radius 2 is 1.29 bits per heavy atom. The number of fused-ring (bicyclic) bond motifs is 2. The van der Waals surface area contributed by atoms with E-state index in [-0.39, 0.29) is 26.4 Å². The molecule has 0 radical (unpaired) electrons. The van der Waals surface area contributed by atoms with Gasteiger partial charge >= 0.3 is 0 Å². The molecule has 2 fully saturated rings. The minimum Gasteiger partial charge on any atom is -0.377 e. The van der Waals surface area contributed by atoms with E-state index in [1.165, 1.54) is 11.1 Å². The highest BCUT2D eigenvalue weighted by Gasteiger charge is 2.69. The molecule has 0 saturated carbocycles. The molecule has 2 bridgehead atoms. The normalized spacial score (nSPS) is 22.8. The van der Waals surface area contributed by atoms with E-state index in [2.05, 4.69) is 49.9 Å². The molecule has 7 rings (SSSR count). The van der Waals surface area contributed by atoms with Crippen molar-refractivity contribution in [1.82, 2.24) is 0 Å². The lowest BCUT2D eigenvalue weighted by molar-refractivity contribution is -0.341. The van der Waals surface area contributed by atoms with Crippen LogP contribution in [-0.2, 0) is 71.7 Å². The molecule has 7 heteroatoms. The number of aryl methyl sites for hydroxylation is 2. The Balaban J connectivity index is 1.20. The Morgan fingerprint density at radius 1 is 0.696 bits per heavy atom. The number of rotatable bonds is 20. The molecular weight excluding hydrogens is 701 g/mol. The summed E-state index contributed by atoms with van der Waals surface area (Å²) in [6.07, 6.45) is 4.06. The molecule has 0 N–H and O–H groups in total. The van der Waals surface area contributed by atoms with Crippen molar-refractivity contribution in [3.63, 3.8) is 0 Å². The van der Waals surface area contributed by atoms with Gasteiger partial charge in [-0.2, -0.15) is 0 Å². The predicted molar refractivity (Wildman–Crippen MR) is 217 cm³/mol. The fourth-order valence-corrected chi connectivity index (χ4v) is 7.65. The van der Waals surface area contributed by atoms with Crippen LogP contribution in [0.3, 0.4) is 0 Å². The number of unbranched alkanes of at least 4 members (excludes halogenated alkanes) is 1. The first-order valence-corrected chi connectivity index (χ1v) is 19.7. The number of benzene rings is 5. The smallest absolute Gasteiger partial charge is 0.226 e. The molecule has 5 aromatic carbocycles. The molecule has 0 aliphatic carbocycles. The van der Waals surface area contributed by atoms with Gasteiger partial charge in [-0.05, 0) is 77.6 Å². The van der Waals surface area contributed by atoms with Crippen molar-refractivity contribution in [2.24, 2.45) is 0 Å². The van der Waals surface area contributed by atoms with Gasteiger partial charge in [0.25, 0.3) is 0 Å². The van der Waals surface area contributed by atoms with Crippen LogP contribution in [-0.4, -0.2) is 50.0 Å². The average molecular weight is 753 g/mol. The molecule has 2 aliphatic rings. The Morgan fingerprint density at radius 3 is 1.89 bits per heavy atom. The van der Waals surface area contributed by atoms with Crippen molar-refractivity contribution in [2.75, 3.05) is 19.8 Å². The second-order valence-corrected chi connectivity index (χ2v) is 14.8. The summed E-state index contributed by atoms with van der Waals surface area (Å²) in [6.45, 7) is 7.97. The SMILES string of the molecule is C=CCOCCCCc1ccc(Cc2cc([C@]34OC[C@](C=O)(O3)[C@@H](OCc3ccccc3)[C@H](OCc3ccccc3)[C@H]4OCc3ccccc3)ccc2C)cc1. The van der Waals surface area contributed by atoms with Gasteiger partial charge in [0.2, 0.25) is 5.79 Å². The molecule has 0 unspecified atom stereocenters. The second-order valence-electron chi connectivity index (χ2n) is 14.8. The van der Waals surface area contributed by atoms with Gasteiger partial charge in [0.1, 0.15) is 18.3 Å². The molecular formula is C49H52O7. The Labute approximate surface area is 331 Å². The summed E-state index contributed by atoms with van der Waals surface area (Å²) in [5, 5.41) is 0. The summed E-state index contributed by atoms with van der Waals surface area (Å²) < 4.78 is 39.8. The number of hydrogen-bond donors (Lipinski definition) is 0. The van der Waals surface area contributed by atoms with Gasteiger partial charge in [0, 0.05) is 12.2 Å². The van der Waals surface area contributed by atoms with E-state index >= 15 is 0 Å². The maximum Gasteiger partial charge on any atom is 0.226 e. The van der Waals surface area contributed by atoms with Crippen LogP contribution in [0.5, 0.6) is 0 Å². The van der Waals surface area contributed by atoms with Crippen LogP contribution in [0.15, 0.2) is 146 Å². The van der Waals surface area contributed by atoms with Crippen molar-refractivity contribution in [3.8, 4) is 0 Å². The van der Waals surface area contributed by atoms with Gasteiger partial charge in [0.05, 0.1) is 33.0 Å². The van der Waals surface area contributed by atoms with Gasteiger partial charge in [-0.1, -0.05) is 133 Å². The quantitative estimate of drug-likeness (QED) is 0.0447. The van der Waals surface area contributed by atoms with Crippen molar-refractivity contribution >= 4 is 6.29 Å². The molecule has 0 spiro atoms. The number of carbonyl (C=O) groups excluding carboxylic acids is 1. The highest BCUT2D eigenvalue weighted by atomic mass is 16.8. The standard InChI is InChI=1S/C49H52O7/c1-3-28-51-29-14-13-15-38-23-25-39(26-24-38)30-43-31-44(27-22-37(43)2)49-47(54-34-42-20-11-6-12-21-42)45(52-32-40-16-7-4-8-17-40)46(48(35-50,56-49)36-55-49)53-33-41-18-9-5-10-19-41/h3-12,16-27,31,35,45-47H,1,13-15,28-30,32-34,36H2,2H3/t45-,46-,47+,48-,49-/m0/s1. The molecule has 2 aliphatic heterocycles. The van der Waals surface area contributed by atoms with E-state index in [4.69, 9.17) is 28.4 Å².